The van der Waals surface area contributed by atoms with Crippen molar-refractivity contribution >= 4 is 5.97 Å². The molecule has 0 aliphatic carbocycles. The summed E-state index contributed by atoms with van der Waals surface area (Å²) in [4.78, 5) is 15.7. The number of rotatable bonds is 6. The largest absolute Gasteiger partial charge is 0.480 e. The Morgan fingerprint density at radius 2 is 1.43 bits per heavy atom. The molecule has 1 fully saturated rings. The van der Waals surface area contributed by atoms with Crippen LogP contribution < -0.4 is 0 Å². The van der Waals surface area contributed by atoms with Gasteiger partial charge in [-0.15, -0.1) is 0 Å². The third kappa shape index (κ3) is 4.61. The van der Waals surface area contributed by atoms with Crippen molar-refractivity contribution in [3.63, 3.8) is 0 Å². The van der Waals surface area contributed by atoms with Crippen LogP contribution >= 0.6 is 0 Å². The molecular formula is C26H28N2O2. The molecule has 0 saturated carbocycles. The van der Waals surface area contributed by atoms with Crippen molar-refractivity contribution in [1.29, 1.82) is 0 Å². The van der Waals surface area contributed by atoms with Crippen molar-refractivity contribution in [3.05, 3.63) is 96.1 Å². The second-order valence-corrected chi connectivity index (χ2v) is 8.01. The highest BCUT2D eigenvalue weighted by molar-refractivity contribution is 5.69. The average Bonchev–Trinajstić information content (AvgIpc) is 2.77. The van der Waals surface area contributed by atoms with E-state index in [0.717, 1.165) is 19.6 Å². The lowest BCUT2D eigenvalue weighted by Crippen LogP contribution is -2.54. The molecule has 1 aliphatic rings. The quantitative estimate of drug-likeness (QED) is 0.660. The van der Waals surface area contributed by atoms with Gasteiger partial charge in [-0.2, -0.15) is 0 Å². The maximum Gasteiger partial charge on any atom is 0.317 e. The van der Waals surface area contributed by atoms with E-state index >= 15 is 0 Å². The first kappa shape index (κ1) is 20.3. The molecule has 154 valence electrons. The van der Waals surface area contributed by atoms with Gasteiger partial charge in [0.05, 0.1) is 12.6 Å². The molecule has 0 bridgehead atoms. The predicted molar refractivity (Wildman–Crippen MR) is 120 cm³/mol. The van der Waals surface area contributed by atoms with Crippen molar-refractivity contribution < 1.29 is 9.90 Å². The van der Waals surface area contributed by atoms with Crippen LogP contribution in [0.25, 0.3) is 11.1 Å². The van der Waals surface area contributed by atoms with E-state index in [1.165, 1.54) is 22.3 Å². The Balaban J connectivity index is 1.61. The number of aliphatic carboxylic acids is 1. The summed E-state index contributed by atoms with van der Waals surface area (Å²) < 4.78 is 0. The SMILES string of the molecule is C[C@@H]1CN([C@H](c2ccccc2)c2ccc(-c3ccccc3)cc2)CCN1CC(=O)O. The van der Waals surface area contributed by atoms with Gasteiger partial charge in [0.2, 0.25) is 0 Å². The smallest absolute Gasteiger partial charge is 0.317 e. The fourth-order valence-corrected chi connectivity index (χ4v) is 4.40. The number of hydrogen-bond acceptors (Lipinski definition) is 3. The molecule has 4 rings (SSSR count). The molecule has 0 radical (unpaired) electrons. The van der Waals surface area contributed by atoms with Crippen LogP contribution in [0.5, 0.6) is 0 Å². The second kappa shape index (κ2) is 9.24. The van der Waals surface area contributed by atoms with Crippen LogP contribution in [0.2, 0.25) is 0 Å². The van der Waals surface area contributed by atoms with Crippen LogP contribution in [0.3, 0.4) is 0 Å². The number of piperazine rings is 1. The second-order valence-electron chi connectivity index (χ2n) is 8.01. The molecule has 0 unspecified atom stereocenters. The number of benzene rings is 3. The van der Waals surface area contributed by atoms with Crippen LogP contribution in [-0.2, 0) is 4.79 Å². The van der Waals surface area contributed by atoms with Gasteiger partial charge in [0, 0.05) is 25.7 Å². The van der Waals surface area contributed by atoms with E-state index in [4.69, 9.17) is 0 Å². The topological polar surface area (TPSA) is 43.8 Å². The molecule has 0 aromatic heterocycles. The Labute approximate surface area is 178 Å². The van der Waals surface area contributed by atoms with Gasteiger partial charge in [0.1, 0.15) is 0 Å². The van der Waals surface area contributed by atoms with Gasteiger partial charge in [-0.1, -0.05) is 84.9 Å². The molecule has 3 aromatic carbocycles. The van der Waals surface area contributed by atoms with Crippen molar-refractivity contribution in [2.45, 2.75) is 19.0 Å². The summed E-state index contributed by atoms with van der Waals surface area (Å²) in [5.74, 6) is -0.758. The Morgan fingerprint density at radius 1 is 0.867 bits per heavy atom. The summed E-state index contributed by atoms with van der Waals surface area (Å²) in [5, 5.41) is 9.18. The predicted octanol–water partition coefficient (Wildman–Crippen LogP) is 4.53. The van der Waals surface area contributed by atoms with E-state index in [1.807, 2.05) is 12.1 Å². The zero-order valence-electron chi connectivity index (χ0n) is 17.3. The third-order valence-electron chi connectivity index (χ3n) is 5.95. The fourth-order valence-electron chi connectivity index (χ4n) is 4.40. The molecule has 1 N–H and O–H groups in total. The normalized spacial score (nSPS) is 18.8. The Morgan fingerprint density at radius 3 is 2.03 bits per heavy atom. The molecule has 1 saturated heterocycles. The van der Waals surface area contributed by atoms with Crippen molar-refractivity contribution in [1.82, 2.24) is 9.80 Å². The highest BCUT2D eigenvalue weighted by Crippen LogP contribution is 2.32. The summed E-state index contributed by atoms with van der Waals surface area (Å²) in [6.07, 6.45) is 0. The highest BCUT2D eigenvalue weighted by atomic mass is 16.4. The summed E-state index contributed by atoms with van der Waals surface area (Å²) in [7, 11) is 0. The van der Waals surface area contributed by atoms with Gasteiger partial charge in [-0.05, 0) is 29.2 Å². The maximum atomic E-state index is 11.2. The number of nitrogens with zero attached hydrogens (tertiary/aromatic N) is 2. The lowest BCUT2D eigenvalue weighted by atomic mass is 9.94. The van der Waals surface area contributed by atoms with E-state index < -0.39 is 5.97 Å². The van der Waals surface area contributed by atoms with Gasteiger partial charge >= 0.3 is 5.97 Å². The first-order valence-corrected chi connectivity index (χ1v) is 10.5. The maximum absolute atomic E-state index is 11.2. The monoisotopic (exact) mass is 400 g/mol. The molecular weight excluding hydrogens is 372 g/mol. The Bertz CT molecular complexity index is 957. The fraction of sp³-hybridized carbons (Fsp3) is 0.269. The first-order valence-electron chi connectivity index (χ1n) is 10.5. The van der Waals surface area contributed by atoms with Crippen LogP contribution in [-0.4, -0.2) is 53.1 Å². The van der Waals surface area contributed by atoms with Crippen LogP contribution in [0, 0.1) is 0 Å². The van der Waals surface area contributed by atoms with Crippen molar-refractivity contribution in [2.75, 3.05) is 26.2 Å². The van der Waals surface area contributed by atoms with E-state index in [1.54, 1.807) is 0 Å². The summed E-state index contributed by atoms with van der Waals surface area (Å²) in [6, 6.07) is 30.2. The van der Waals surface area contributed by atoms with Gasteiger partial charge < -0.3 is 5.11 Å². The highest BCUT2D eigenvalue weighted by Gasteiger charge is 2.30. The van der Waals surface area contributed by atoms with E-state index in [-0.39, 0.29) is 18.6 Å². The van der Waals surface area contributed by atoms with Gasteiger partial charge in [-0.25, -0.2) is 0 Å². The van der Waals surface area contributed by atoms with Crippen molar-refractivity contribution in [2.24, 2.45) is 0 Å². The third-order valence-corrected chi connectivity index (χ3v) is 5.95. The van der Waals surface area contributed by atoms with Crippen LogP contribution in [0.1, 0.15) is 24.1 Å². The van der Waals surface area contributed by atoms with E-state index in [9.17, 15) is 9.90 Å². The number of carbonyl (C=O) groups is 1. The molecule has 1 aliphatic heterocycles. The van der Waals surface area contributed by atoms with E-state index in [2.05, 4.69) is 89.5 Å². The lowest BCUT2D eigenvalue weighted by molar-refractivity contribution is -0.139. The zero-order valence-corrected chi connectivity index (χ0v) is 17.3. The van der Waals surface area contributed by atoms with Crippen LogP contribution in [0.4, 0.5) is 0 Å². The molecule has 0 amide bonds. The number of carboxylic acids is 1. The van der Waals surface area contributed by atoms with Crippen molar-refractivity contribution in [3.8, 4) is 11.1 Å². The summed E-state index contributed by atoms with van der Waals surface area (Å²) in [6.45, 7) is 4.68. The first-order chi connectivity index (χ1) is 14.6. The average molecular weight is 401 g/mol. The van der Waals surface area contributed by atoms with E-state index in [0.29, 0.717) is 0 Å². The van der Waals surface area contributed by atoms with Gasteiger partial charge in [0.15, 0.2) is 0 Å². The van der Waals surface area contributed by atoms with Gasteiger partial charge in [-0.3, -0.25) is 14.6 Å². The molecule has 2 atom stereocenters. The van der Waals surface area contributed by atoms with Gasteiger partial charge in [0.25, 0.3) is 0 Å². The Hall–Kier alpha value is -2.95. The molecule has 1 heterocycles. The molecule has 4 nitrogen and oxygen atoms in total. The summed E-state index contributed by atoms with van der Waals surface area (Å²) >= 11 is 0. The minimum atomic E-state index is -0.758. The molecule has 0 spiro atoms. The summed E-state index contributed by atoms with van der Waals surface area (Å²) in [5.41, 5.74) is 4.96. The zero-order chi connectivity index (χ0) is 20.9. The lowest BCUT2D eigenvalue weighted by Gasteiger charge is -2.43. The Kier molecular flexibility index (Phi) is 6.26. The standard InChI is InChI=1S/C26H28N2O2/c1-20-18-28(17-16-27(20)19-25(29)30)26(23-10-6-3-7-11-23)24-14-12-22(13-15-24)21-8-4-2-5-9-21/h2-15,20,26H,16-19H2,1H3,(H,29,30)/t20-,26-/m1/s1. The van der Waals surface area contributed by atoms with Crippen LogP contribution in [0.15, 0.2) is 84.9 Å². The molecule has 30 heavy (non-hydrogen) atoms. The minimum Gasteiger partial charge on any atom is -0.480 e. The number of hydrogen-bond donors (Lipinski definition) is 1. The molecule has 3 aromatic rings. The number of carboxylic acid groups (broad SMARTS) is 1. The molecule has 4 heteroatoms. The minimum absolute atomic E-state index is 0.108.